The first-order chi connectivity index (χ1) is 7.91. The summed E-state index contributed by atoms with van der Waals surface area (Å²) in [5.41, 5.74) is -0.813. The summed E-state index contributed by atoms with van der Waals surface area (Å²) in [5.74, 6) is -0.382. The lowest BCUT2D eigenvalue weighted by atomic mass is 10.1. The van der Waals surface area contributed by atoms with Crippen LogP contribution >= 0.6 is 0 Å². The van der Waals surface area contributed by atoms with E-state index in [4.69, 9.17) is 0 Å². The number of hydrogen-bond donors (Lipinski definition) is 1. The van der Waals surface area contributed by atoms with Gasteiger partial charge in [0.25, 0.3) is 0 Å². The molecular weight excluding hydrogens is 233 g/mol. The quantitative estimate of drug-likeness (QED) is 0.874. The predicted octanol–water partition coefficient (Wildman–Crippen LogP) is 2.76. The molecule has 1 rings (SSSR count). The minimum Gasteiger partial charge on any atom is -0.352 e. The maximum Gasteiger partial charge on any atom is 0.416 e. The number of pyridine rings is 1. The zero-order valence-electron chi connectivity index (χ0n) is 9.93. The molecule has 6 heteroatoms. The Labute approximate surface area is 98.1 Å². The average Bonchev–Trinajstić information content (AvgIpc) is 2.28. The molecular formula is C11H15F3N2O. The Morgan fingerprint density at radius 2 is 2.00 bits per heavy atom. The molecule has 0 bridgehead atoms. The second kappa shape index (κ2) is 6.88. The van der Waals surface area contributed by atoms with Crippen molar-refractivity contribution in [2.45, 2.75) is 33.5 Å². The Kier molecular flexibility index (Phi) is 6.23. The summed E-state index contributed by atoms with van der Waals surface area (Å²) in [6.07, 6.45) is -2.25. The van der Waals surface area contributed by atoms with Crippen LogP contribution in [0.5, 0.6) is 0 Å². The second-order valence-corrected chi connectivity index (χ2v) is 2.94. The van der Waals surface area contributed by atoms with Gasteiger partial charge in [0.1, 0.15) is 0 Å². The fourth-order valence-corrected chi connectivity index (χ4v) is 1.06. The molecule has 96 valence electrons. The van der Waals surface area contributed by atoms with E-state index in [-0.39, 0.29) is 18.0 Å². The van der Waals surface area contributed by atoms with E-state index in [1.807, 2.05) is 13.8 Å². The summed E-state index contributed by atoms with van der Waals surface area (Å²) in [7, 11) is 0. The van der Waals surface area contributed by atoms with Gasteiger partial charge in [0.05, 0.1) is 5.56 Å². The minimum atomic E-state index is -4.42. The first kappa shape index (κ1) is 15.4. The maximum absolute atomic E-state index is 12.4. The lowest BCUT2D eigenvalue weighted by molar-refractivity contribution is -0.138. The summed E-state index contributed by atoms with van der Waals surface area (Å²) in [6, 6.07) is 0.886. The van der Waals surface area contributed by atoms with Crippen molar-refractivity contribution in [2.24, 2.45) is 0 Å². The van der Waals surface area contributed by atoms with E-state index in [2.05, 4.69) is 10.3 Å². The molecule has 1 N–H and O–H groups in total. The van der Waals surface area contributed by atoms with Crippen molar-refractivity contribution in [1.29, 1.82) is 0 Å². The molecule has 0 aromatic carbocycles. The van der Waals surface area contributed by atoms with Gasteiger partial charge in [0.15, 0.2) is 0 Å². The number of aromatic nitrogens is 1. The minimum absolute atomic E-state index is 0.0415. The van der Waals surface area contributed by atoms with E-state index in [1.165, 1.54) is 6.92 Å². The number of amides is 1. The van der Waals surface area contributed by atoms with E-state index in [0.29, 0.717) is 0 Å². The number of carbonyl (C=O) groups excluding carboxylic acids is 1. The van der Waals surface area contributed by atoms with E-state index >= 15 is 0 Å². The summed E-state index contributed by atoms with van der Waals surface area (Å²) >= 11 is 0. The van der Waals surface area contributed by atoms with E-state index in [1.54, 1.807) is 0 Å². The molecule has 3 nitrogen and oxygen atoms in total. The molecule has 0 aliphatic heterocycles. The van der Waals surface area contributed by atoms with Crippen LogP contribution in [0.25, 0.3) is 0 Å². The number of alkyl halides is 3. The normalized spacial score (nSPS) is 10.2. The number of hydrogen-bond acceptors (Lipinski definition) is 2. The molecule has 0 aliphatic carbocycles. The third kappa shape index (κ3) is 5.33. The van der Waals surface area contributed by atoms with Crippen molar-refractivity contribution in [3.05, 3.63) is 29.6 Å². The van der Waals surface area contributed by atoms with Gasteiger partial charge in [-0.1, -0.05) is 13.8 Å². The third-order valence-electron chi connectivity index (χ3n) is 1.74. The highest BCUT2D eigenvalue weighted by molar-refractivity contribution is 5.72. The highest BCUT2D eigenvalue weighted by Crippen LogP contribution is 2.31. The fraction of sp³-hybridized carbons (Fsp3) is 0.455. The smallest absolute Gasteiger partial charge is 0.352 e. The number of rotatable bonds is 2. The van der Waals surface area contributed by atoms with E-state index < -0.39 is 11.7 Å². The van der Waals surface area contributed by atoms with Gasteiger partial charge in [-0.2, -0.15) is 13.2 Å². The third-order valence-corrected chi connectivity index (χ3v) is 1.74. The lowest BCUT2D eigenvalue weighted by Crippen LogP contribution is -2.21. The van der Waals surface area contributed by atoms with Crippen molar-refractivity contribution < 1.29 is 18.0 Å². The standard InChI is InChI=1S/C9H9F3N2O.C2H6/c1-6(15)14-5-7-4-13-3-2-8(7)9(10,11)12;1-2/h2-4H,5H2,1H3,(H,14,15);1-2H3. The Morgan fingerprint density at radius 1 is 1.41 bits per heavy atom. The zero-order valence-corrected chi connectivity index (χ0v) is 9.93. The molecule has 0 unspecified atom stereocenters. The van der Waals surface area contributed by atoms with Crippen LogP contribution in [0.4, 0.5) is 13.2 Å². The van der Waals surface area contributed by atoms with Gasteiger partial charge < -0.3 is 5.32 Å². The van der Waals surface area contributed by atoms with Crippen LogP contribution in [-0.4, -0.2) is 10.9 Å². The Hall–Kier alpha value is -1.59. The molecule has 0 saturated carbocycles. The number of carbonyl (C=O) groups is 1. The van der Waals surface area contributed by atoms with E-state index in [0.717, 1.165) is 18.5 Å². The first-order valence-electron chi connectivity index (χ1n) is 5.16. The maximum atomic E-state index is 12.4. The average molecular weight is 248 g/mol. The summed E-state index contributed by atoms with van der Waals surface area (Å²) in [4.78, 5) is 14.2. The van der Waals surface area contributed by atoms with Crippen molar-refractivity contribution >= 4 is 5.91 Å². The Balaban J connectivity index is 0.00000121. The van der Waals surface area contributed by atoms with Crippen molar-refractivity contribution in [1.82, 2.24) is 10.3 Å². The van der Waals surface area contributed by atoms with Crippen molar-refractivity contribution in [3.8, 4) is 0 Å². The molecule has 1 amide bonds. The van der Waals surface area contributed by atoms with Crippen molar-refractivity contribution in [3.63, 3.8) is 0 Å². The predicted molar refractivity (Wildman–Crippen MR) is 58.1 cm³/mol. The molecule has 0 aliphatic rings. The topological polar surface area (TPSA) is 42.0 Å². The van der Waals surface area contributed by atoms with Crippen LogP contribution in [0.15, 0.2) is 18.5 Å². The molecule has 0 atom stereocenters. The van der Waals surface area contributed by atoms with Crippen LogP contribution in [0.1, 0.15) is 31.9 Å². The monoisotopic (exact) mass is 248 g/mol. The molecule has 0 radical (unpaired) electrons. The van der Waals surface area contributed by atoms with Gasteiger partial charge in [-0.05, 0) is 6.07 Å². The Morgan fingerprint density at radius 3 is 2.47 bits per heavy atom. The van der Waals surface area contributed by atoms with Gasteiger partial charge in [0.2, 0.25) is 5.91 Å². The van der Waals surface area contributed by atoms with Gasteiger partial charge in [-0.25, -0.2) is 0 Å². The fourth-order valence-electron chi connectivity index (χ4n) is 1.06. The number of nitrogens with one attached hydrogen (secondary N) is 1. The van der Waals surface area contributed by atoms with E-state index in [9.17, 15) is 18.0 Å². The molecule has 0 spiro atoms. The molecule has 1 aromatic heterocycles. The van der Waals surface area contributed by atoms with Crippen LogP contribution in [-0.2, 0) is 17.5 Å². The highest BCUT2D eigenvalue weighted by atomic mass is 19.4. The van der Waals surface area contributed by atoms with Gasteiger partial charge in [-0.3, -0.25) is 9.78 Å². The second-order valence-electron chi connectivity index (χ2n) is 2.94. The van der Waals surface area contributed by atoms with Gasteiger partial charge >= 0.3 is 6.18 Å². The molecule has 1 heterocycles. The highest BCUT2D eigenvalue weighted by Gasteiger charge is 2.33. The largest absolute Gasteiger partial charge is 0.416 e. The number of halogens is 3. The summed E-state index contributed by atoms with van der Waals surface area (Å²) < 4.78 is 37.3. The molecule has 0 fully saturated rings. The van der Waals surface area contributed by atoms with Crippen LogP contribution in [0, 0.1) is 0 Å². The van der Waals surface area contributed by atoms with Crippen LogP contribution < -0.4 is 5.32 Å². The van der Waals surface area contributed by atoms with Crippen molar-refractivity contribution in [2.75, 3.05) is 0 Å². The van der Waals surface area contributed by atoms with Gasteiger partial charge in [0, 0.05) is 31.4 Å². The van der Waals surface area contributed by atoms with Crippen LogP contribution in [0.2, 0.25) is 0 Å². The number of nitrogens with zero attached hydrogens (tertiary/aromatic N) is 1. The summed E-state index contributed by atoms with van der Waals surface area (Å²) in [5, 5.41) is 2.30. The molecule has 1 aromatic rings. The zero-order chi connectivity index (χ0) is 13.5. The SMILES string of the molecule is CC.CC(=O)NCc1cnccc1C(F)(F)F. The van der Waals surface area contributed by atoms with Gasteiger partial charge in [-0.15, -0.1) is 0 Å². The first-order valence-corrected chi connectivity index (χ1v) is 5.16. The molecule has 0 saturated heterocycles. The molecule has 17 heavy (non-hydrogen) atoms. The van der Waals surface area contributed by atoms with Crippen LogP contribution in [0.3, 0.4) is 0 Å². The lowest BCUT2D eigenvalue weighted by Gasteiger charge is -2.11. The Bertz CT molecular complexity index is 364. The summed E-state index contributed by atoms with van der Waals surface area (Å²) in [6.45, 7) is 5.07.